The summed E-state index contributed by atoms with van der Waals surface area (Å²) in [4.78, 5) is 14.0. The third-order valence-corrected chi connectivity index (χ3v) is 5.68. The summed E-state index contributed by atoms with van der Waals surface area (Å²) in [7, 11) is 0. The number of benzene rings is 1. The average molecular weight is 390 g/mol. The number of amides is 1. The molecular formula is C17H16BrN3OS. The number of hydrogen-bond donors (Lipinski definition) is 1. The first kappa shape index (κ1) is 16.0. The summed E-state index contributed by atoms with van der Waals surface area (Å²) in [6.07, 6.45) is 0. The normalized spacial score (nSPS) is 10.8. The molecule has 1 aromatic carbocycles. The molecule has 0 aliphatic carbocycles. The molecule has 0 bridgehead atoms. The smallest absolute Gasteiger partial charge is 0.265 e. The van der Waals surface area contributed by atoms with Crippen molar-refractivity contribution < 1.29 is 4.79 Å². The van der Waals surface area contributed by atoms with Crippen LogP contribution in [0.5, 0.6) is 0 Å². The standard InChI is InChI=1S/C17H16BrN3OS/c1-10-4-9-15(23-10)17(22)19-13-5-7-14(8-6-13)21-12(3)16(18)11(2)20-21/h4-9H,1-3H3,(H,19,22). The Balaban J connectivity index is 1.79. The van der Waals surface area contributed by atoms with E-state index in [0.29, 0.717) is 4.88 Å². The predicted octanol–water partition coefficient (Wildman–Crippen LogP) is 4.87. The molecule has 0 aliphatic heterocycles. The number of nitrogens with zero attached hydrogens (tertiary/aromatic N) is 2. The number of thiophene rings is 1. The van der Waals surface area contributed by atoms with E-state index in [2.05, 4.69) is 26.3 Å². The van der Waals surface area contributed by atoms with Crippen molar-refractivity contribution in [2.45, 2.75) is 20.8 Å². The lowest BCUT2D eigenvalue weighted by Gasteiger charge is -2.07. The first-order valence-corrected chi connectivity index (χ1v) is 8.76. The van der Waals surface area contributed by atoms with Gasteiger partial charge in [0.05, 0.1) is 26.4 Å². The highest BCUT2D eigenvalue weighted by atomic mass is 79.9. The highest BCUT2D eigenvalue weighted by Gasteiger charge is 2.11. The first-order valence-electron chi connectivity index (χ1n) is 7.15. The monoisotopic (exact) mass is 389 g/mol. The maximum atomic E-state index is 12.2. The van der Waals surface area contributed by atoms with Crippen LogP contribution in [-0.2, 0) is 0 Å². The first-order chi connectivity index (χ1) is 11.0. The van der Waals surface area contributed by atoms with Gasteiger partial charge in [-0.1, -0.05) is 0 Å². The minimum atomic E-state index is -0.0790. The van der Waals surface area contributed by atoms with Gasteiger partial charge in [-0.25, -0.2) is 4.68 Å². The summed E-state index contributed by atoms with van der Waals surface area (Å²) < 4.78 is 2.90. The average Bonchev–Trinajstić information content (AvgIpc) is 3.08. The molecule has 118 valence electrons. The number of anilines is 1. The third-order valence-electron chi connectivity index (χ3n) is 3.54. The molecule has 0 saturated heterocycles. The van der Waals surface area contributed by atoms with E-state index in [9.17, 15) is 4.79 Å². The van der Waals surface area contributed by atoms with Gasteiger partial charge in [0, 0.05) is 10.6 Å². The van der Waals surface area contributed by atoms with Crippen LogP contribution in [0.25, 0.3) is 5.69 Å². The van der Waals surface area contributed by atoms with Gasteiger partial charge in [0.1, 0.15) is 0 Å². The molecule has 6 heteroatoms. The molecule has 0 aliphatic rings. The van der Waals surface area contributed by atoms with E-state index in [-0.39, 0.29) is 5.91 Å². The Labute approximate surface area is 147 Å². The molecule has 0 atom stereocenters. The lowest BCUT2D eigenvalue weighted by Crippen LogP contribution is -2.10. The molecule has 1 N–H and O–H groups in total. The van der Waals surface area contributed by atoms with Crippen LogP contribution in [0, 0.1) is 20.8 Å². The van der Waals surface area contributed by atoms with Crippen molar-refractivity contribution in [3.8, 4) is 5.69 Å². The Bertz CT molecular complexity index is 865. The Morgan fingerprint density at radius 2 is 1.83 bits per heavy atom. The van der Waals surface area contributed by atoms with E-state index in [1.165, 1.54) is 11.3 Å². The van der Waals surface area contributed by atoms with Crippen LogP contribution in [-0.4, -0.2) is 15.7 Å². The summed E-state index contributed by atoms with van der Waals surface area (Å²) >= 11 is 5.02. The zero-order chi connectivity index (χ0) is 16.6. The Morgan fingerprint density at radius 3 is 2.35 bits per heavy atom. The van der Waals surface area contributed by atoms with Gasteiger partial charge in [-0.05, 0) is 73.1 Å². The molecule has 3 rings (SSSR count). The molecule has 0 saturated carbocycles. The number of halogens is 1. The minimum Gasteiger partial charge on any atom is -0.321 e. The topological polar surface area (TPSA) is 46.9 Å². The Morgan fingerprint density at radius 1 is 1.13 bits per heavy atom. The van der Waals surface area contributed by atoms with Crippen molar-refractivity contribution in [2.75, 3.05) is 5.32 Å². The van der Waals surface area contributed by atoms with E-state index < -0.39 is 0 Å². The number of aryl methyl sites for hydroxylation is 2. The van der Waals surface area contributed by atoms with Crippen LogP contribution < -0.4 is 5.32 Å². The molecular weight excluding hydrogens is 374 g/mol. The number of carbonyl (C=O) groups is 1. The molecule has 4 nitrogen and oxygen atoms in total. The fourth-order valence-corrected chi connectivity index (χ4v) is 3.32. The molecule has 2 aromatic heterocycles. The summed E-state index contributed by atoms with van der Waals surface area (Å²) in [6, 6.07) is 11.5. The lowest BCUT2D eigenvalue weighted by molar-refractivity contribution is 0.103. The molecule has 2 heterocycles. The number of nitrogens with one attached hydrogen (secondary N) is 1. The van der Waals surface area contributed by atoms with E-state index in [4.69, 9.17) is 0 Å². The minimum absolute atomic E-state index is 0.0790. The second kappa shape index (κ2) is 6.29. The van der Waals surface area contributed by atoms with Crippen LogP contribution in [0.1, 0.15) is 25.9 Å². The van der Waals surface area contributed by atoms with Crippen molar-refractivity contribution in [2.24, 2.45) is 0 Å². The number of aromatic nitrogens is 2. The maximum absolute atomic E-state index is 12.2. The second-order valence-electron chi connectivity index (χ2n) is 5.31. The highest BCUT2D eigenvalue weighted by Crippen LogP contribution is 2.24. The second-order valence-corrected chi connectivity index (χ2v) is 7.39. The van der Waals surface area contributed by atoms with E-state index in [0.717, 1.165) is 32.1 Å². The number of carbonyl (C=O) groups excluding carboxylic acids is 1. The van der Waals surface area contributed by atoms with Gasteiger partial charge in [0.2, 0.25) is 0 Å². The van der Waals surface area contributed by atoms with Crippen LogP contribution in [0.15, 0.2) is 40.9 Å². The van der Waals surface area contributed by atoms with Crippen LogP contribution >= 0.6 is 27.3 Å². The van der Waals surface area contributed by atoms with Gasteiger partial charge < -0.3 is 5.32 Å². The zero-order valence-electron chi connectivity index (χ0n) is 13.1. The molecule has 3 aromatic rings. The van der Waals surface area contributed by atoms with Gasteiger partial charge in [0.25, 0.3) is 5.91 Å². The van der Waals surface area contributed by atoms with Gasteiger partial charge in [-0.2, -0.15) is 5.10 Å². The summed E-state index contributed by atoms with van der Waals surface area (Å²) in [5, 5.41) is 7.42. The molecule has 0 spiro atoms. The third kappa shape index (κ3) is 3.23. The van der Waals surface area contributed by atoms with E-state index >= 15 is 0 Å². The molecule has 1 amide bonds. The number of rotatable bonds is 3. The van der Waals surface area contributed by atoms with Gasteiger partial charge >= 0.3 is 0 Å². The van der Waals surface area contributed by atoms with E-state index in [1.807, 2.05) is 61.9 Å². The predicted molar refractivity (Wildman–Crippen MR) is 97.7 cm³/mol. The van der Waals surface area contributed by atoms with Gasteiger partial charge in [0.15, 0.2) is 0 Å². The van der Waals surface area contributed by atoms with Crippen LogP contribution in [0.2, 0.25) is 0 Å². The van der Waals surface area contributed by atoms with Crippen molar-refractivity contribution in [3.05, 3.63) is 62.0 Å². The molecule has 0 fully saturated rings. The molecule has 23 heavy (non-hydrogen) atoms. The summed E-state index contributed by atoms with van der Waals surface area (Å²) in [5.74, 6) is -0.0790. The largest absolute Gasteiger partial charge is 0.321 e. The van der Waals surface area contributed by atoms with Crippen molar-refractivity contribution in [1.82, 2.24) is 9.78 Å². The molecule has 0 radical (unpaired) electrons. The fourth-order valence-electron chi connectivity index (χ4n) is 2.31. The lowest BCUT2D eigenvalue weighted by atomic mass is 10.2. The summed E-state index contributed by atoms with van der Waals surface area (Å²) in [5.41, 5.74) is 3.73. The Kier molecular flexibility index (Phi) is 4.37. The Hall–Kier alpha value is -1.92. The highest BCUT2D eigenvalue weighted by molar-refractivity contribution is 9.10. The van der Waals surface area contributed by atoms with Gasteiger partial charge in [-0.15, -0.1) is 11.3 Å². The fraction of sp³-hybridized carbons (Fsp3) is 0.176. The zero-order valence-corrected chi connectivity index (χ0v) is 15.5. The maximum Gasteiger partial charge on any atom is 0.265 e. The summed E-state index contributed by atoms with van der Waals surface area (Å²) in [6.45, 7) is 5.97. The SMILES string of the molecule is Cc1ccc(C(=O)Nc2ccc(-n3nc(C)c(Br)c3C)cc2)s1. The van der Waals surface area contributed by atoms with Crippen LogP contribution in [0.4, 0.5) is 5.69 Å². The van der Waals surface area contributed by atoms with Gasteiger partial charge in [-0.3, -0.25) is 4.79 Å². The van der Waals surface area contributed by atoms with Crippen molar-refractivity contribution in [3.63, 3.8) is 0 Å². The van der Waals surface area contributed by atoms with E-state index in [1.54, 1.807) is 0 Å². The van der Waals surface area contributed by atoms with Crippen molar-refractivity contribution >= 4 is 38.9 Å². The number of hydrogen-bond acceptors (Lipinski definition) is 3. The molecule has 0 unspecified atom stereocenters. The van der Waals surface area contributed by atoms with Crippen molar-refractivity contribution in [1.29, 1.82) is 0 Å². The quantitative estimate of drug-likeness (QED) is 0.693. The van der Waals surface area contributed by atoms with Crippen LogP contribution in [0.3, 0.4) is 0 Å².